The fourth-order valence-corrected chi connectivity index (χ4v) is 1.91. The van der Waals surface area contributed by atoms with Gasteiger partial charge in [0, 0.05) is 5.56 Å². The molecule has 0 radical (unpaired) electrons. The zero-order valence-corrected chi connectivity index (χ0v) is 10.7. The monoisotopic (exact) mass is 272 g/mol. The number of methoxy groups -OCH3 is 1. The van der Waals surface area contributed by atoms with E-state index in [0.29, 0.717) is 5.56 Å². The smallest absolute Gasteiger partial charge is 0.358 e. The molecule has 0 aliphatic carbocycles. The molecule has 0 fully saturated rings. The van der Waals surface area contributed by atoms with Gasteiger partial charge in [0.2, 0.25) is 0 Å². The standard InChI is InChI=1S/C13H12N4O3/c1-20-12(19)13(10(7-14)8-15-17-13)16-11(18)9-5-3-2-4-6-9/h2-6,10H,8H2,1H3,(H,16,18)/t10-,13+/m0/s1. The molecule has 0 spiro atoms. The first-order valence-corrected chi connectivity index (χ1v) is 5.88. The van der Waals surface area contributed by atoms with Crippen LogP contribution < -0.4 is 5.32 Å². The molecule has 1 N–H and O–H groups in total. The van der Waals surface area contributed by atoms with Crippen LogP contribution in [0.2, 0.25) is 0 Å². The third-order valence-electron chi connectivity index (χ3n) is 2.99. The first kappa shape index (κ1) is 13.7. The van der Waals surface area contributed by atoms with E-state index < -0.39 is 23.5 Å². The van der Waals surface area contributed by atoms with Crippen molar-refractivity contribution >= 4 is 11.9 Å². The largest absolute Gasteiger partial charge is 0.466 e. The van der Waals surface area contributed by atoms with Crippen LogP contribution in [0.4, 0.5) is 0 Å². The summed E-state index contributed by atoms with van der Waals surface area (Å²) in [6.45, 7) is 0.0423. The predicted octanol–water partition coefficient (Wildman–Crippen LogP) is 0.891. The summed E-state index contributed by atoms with van der Waals surface area (Å²) in [6.07, 6.45) is 0. The Hall–Kier alpha value is -2.75. The lowest BCUT2D eigenvalue weighted by Gasteiger charge is -2.25. The van der Waals surface area contributed by atoms with Crippen LogP contribution in [0.3, 0.4) is 0 Å². The van der Waals surface area contributed by atoms with Crippen LogP contribution in [-0.2, 0) is 9.53 Å². The van der Waals surface area contributed by atoms with E-state index in [1.165, 1.54) is 7.11 Å². The van der Waals surface area contributed by atoms with Crippen LogP contribution in [0.1, 0.15) is 10.4 Å². The zero-order chi connectivity index (χ0) is 14.6. The van der Waals surface area contributed by atoms with E-state index in [4.69, 9.17) is 5.26 Å². The molecule has 7 nitrogen and oxygen atoms in total. The van der Waals surface area contributed by atoms with E-state index in [-0.39, 0.29) is 6.54 Å². The highest BCUT2D eigenvalue weighted by Gasteiger charge is 2.52. The fraction of sp³-hybridized carbons (Fsp3) is 0.308. The molecule has 2 atom stereocenters. The van der Waals surface area contributed by atoms with Crippen LogP contribution in [0.15, 0.2) is 40.6 Å². The van der Waals surface area contributed by atoms with Gasteiger partial charge in [0.25, 0.3) is 11.6 Å². The molecule has 7 heteroatoms. The second-order valence-electron chi connectivity index (χ2n) is 4.18. The van der Waals surface area contributed by atoms with Gasteiger partial charge in [-0.15, -0.1) is 0 Å². The number of esters is 1. The lowest BCUT2D eigenvalue weighted by molar-refractivity contribution is -0.148. The number of nitriles is 1. The molecule has 0 aromatic heterocycles. The molecule has 1 amide bonds. The van der Waals surface area contributed by atoms with Gasteiger partial charge in [-0.05, 0) is 12.1 Å². The molecule has 2 rings (SSSR count). The van der Waals surface area contributed by atoms with E-state index in [0.717, 1.165) is 0 Å². The highest BCUT2D eigenvalue weighted by atomic mass is 16.5. The molecule has 0 saturated carbocycles. The number of carbonyl (C=O) groups excluding carboxylic acids is 2. The number of ether oxygens (including phenoxy) is 1. The molecule has 102 valence electrons. The van der Waals surface area contributed by atoms with Gasteiger partial charge in [-0.2, -0.15) is 15.5 Å². The van der Waals surface area contributed by atoms with Gasteiger partial charge in [-0.25, -0.2) is 4.79 Å². The molecule has 0 unspecified atom stereocenters. The first-order chi connectivity index (χ1) is 9.64. The lowest BCUT2D eigenvalue weighted by atomic mass is 9.95. The SMILES string of the molecule is COC(=O)[C@]1(NC(=O)c2ccccc2)N=NC[C@@H]1C#N. The van der Waals surface area contributed by atoms with Gasteiger partial charge in [-0.1, -0.05) is 18.2 Å². The average Bonchev–Trinajstić information content (AvgIpc) is 2.91. The Morgan fingerprint density at radius 3 is 2.75 bits per heavy atom. The van der Waals surface area contributed by atoms with Gasteiger partial charge in [0.1, 0.15) is 5.92 Å². The molecule has 1 aliphatic rings. The van der Waals surface area contributed by atoms with E-state index in [1.807, 2.05) is 6.07 Å². The van der Waals surface area contributed by atoms with Crippen LogP contribution in [-0.4, -0.2) is 31.2 Å². The van der Waals surface area contributed by atoms with Crippen molar-refractivity contribution < 1.29 is 14.3 Å². The number of hydrogen-bond acceptors (Lipinski definition) is 6. The molecule has 20 heavy (non-hydrogen) atoms. The molecular formula is C13H12N4O3. The molecule has 1 aliphatic heterocycles. The number of amides is 1. The Balaban J connectivity index is 2.31. The van der Waals surface area contributed by atoms with Gasteiger partial charge in [0.15, 0.2) is 0 Å². The van der Waals surface area contributed by atoms with E-state index in [1.54, 1.807) is 30.3 Å². The number of hydrogen-bond donors (Lipinski definition) is 1. The maximum atomic E-state index is 12.2. The summed E-state index contributed by atoms with van der Waals surface area (Å²) in [7, 11) is 1.17. The van der Waals surface area contributed by atoms with Crippen LogP contribution in [0.5, 0.6) is 0 Å². The number of nitrogens with one attached hydrogen (secondary N) is 1. The first-order valence-electron chi connectivity index (χ1n) is 5.88. The van der Waals surface area contributed by atoms with Crippen molar-refractivity contribution in [2.45, 2.75) is 5.66 Å². The van der Waals surface area contributed by atoms with E-state index in [9.17, 15) is 9.59 Å². The highest BCUT2D eigenvalue weighted by Crippen LogP contribution is 2.28. The Kier molecular flexibility index (Phi) is 3.75. The molecule has 1 aromatic carbocycles. The van der Waals surface area contributed by atoms with Crippen molar-refractivity contribution in [3.63, 3.8) is 0 Å². The Morgan fingerprint density at radius 1 is 1.45 bits per heavy atom. The second-order valence-corrected chi connectivity index (χ2v) is 4.18. The van der Waals surface area contributed by atoms with Gasteiger partial charge >= 0.3 is 5.97 Å². The molecule has 1 aromatic rings. The Labute approximate surface area is 115 Å². The van der Waals surface area contributed by atoms with Crippen molar-refractivity contribution in [1.82, 2.24) is 5.32 Å². The van der Waals surface area contributed by atoms with Crippen LogP contribution in [0.25, 0.3) is 0 Å². The molecule has 1 heterocycles. The van der Waals surface area contributed by atoms with Crippen LogP contribution >= 0.6 is 0 Å². The Morgan fingerprint density at radius 2 is 2.15 bits per heavy atom. The lowest BCUT2D eigenvalue weighted by Crippen LogP contribution is -2.57. The minimum atomic E-state index is -1.77. The van der Waals surface area contributed by atoms with Gasteiger partial charge < -0.3 is 10.1 Å². The van der Waals surface area contributed by atoms with Crippen molar-refractivity contribution in [3.8, 4) is 6.07 Å². The minimum Gasteiger partial charge on any atom is -0.466 e. The van der Waals surface area contributed by atoms with Gasteiger partial charge in [-0.3, -0.25) is 4.79 Å². The average molecular weight is 272 g/mol. The summed E-state index contributed by atoms with van der Waals surface area (Å²) >= 11 is 0. The second kappa shape index (κ2) is 5.48. The summed E-state index contributed by atoms with van der Waals surface area (Å²) in [5.74, 6) is -2.21. The van der Waals surface area contributed by atoms with Crippen LogP contribution in [0, 0.1) is 17.2 Å². The summed E-state index contributed by atoms with van der Waals surface area (Å²) < 4.78 is 4.65. The minimum absolute atomic E-state index is 0.0423. The highest BCUT2D eigenvalue weighted by molar-refractivity contribution is 5.98. The Bertz CT molecular complexity index is 593. The number of rotatable bonds is 3. The quantitative estimate of drug-likeness (QED) is 0.825. The molecular weight excluding hydrogens is 260 g/mol. The van der Waals surface area contributed by atoms with E-state index >= 15 is 0 Å². The normalized spacial score (nSPS) is 23.9. The van der Waals surface area contributed by atoms with Crippen molar-refractivity contribution in [2.24, 2.45) is 16.1 Å². The maximum absolute atomic E-state index is 12.2. The zero-order valence-electron chi connectivity index (χ0n) is 10.7. The number of benzene rings is 1. The third kappa shape index (κ3) is 2.23. The molecule has 0 bridgehead atoms. The third-order valence-corrected chi connectivity index (χ3v) is 2.99. The van der Waals surface area contributed by atoms with Gasteiger partial charge in [0.05, 0.1) is 19.7 Å². The summed E-state index contributed by atoms with van der Waals surface area (Å²) in [5.41, 5.74) is -1.41. The maximum Gasteiger partial charge on any atom is 0.358 e. The predicted molar refractivity (Wildman–Crippen MR) is 67.5 cm³/mol. The number of nitrogens with zero attached hydrogens (tertiary/aromatic N) is 3. The topological polar surface area (TPSA) is 104 Å². The molecule has 0 saturated heterocycles. The van der Waals surface area contributed by atoms with Crippen molar-refractivity contribution in [1.29, 1.82) is 5.26 Å². The van der Waals surface area contributed by atoms with E-state index in [2.05, 4.69) is 20.3 Å². The summed E-state index contributed by atoms with van der Waals surface area (Å²) in [6, 6.07) is 10.3. The van der Waals surface area contributed by atoms with Crippen molar-refractivity contribution in [3.05, 3.63) is 35.9 Å². The number of carbonyl (C=O) groups is 2. The fourth-order valence-electron chi connectivity index (χ4n) is 1.91. The number of azo groups is 1. The van der Waals surface area contributed by atoms with Crippen molar-refractivity contribution in [2.75, 3.05) is 13.7 Å². The summed E-state index contributed by atoms with van der Waals surface area (Å²) in [4.78, 5) is 24.1. The summed E-state index contributed by atoms with van der Waals surface area (Å²) in [5, 5.41) is 19.0.